The van der Waals surface area contributed by atoms with E-state index in [1.807, 2.05) is 0 Å². The van der Waals surface area contributed by atoms with E-state index < -0.39 is 32.8 Å². The lowest BCUT2D eigenvalue weighted by atomic mass is 10.1. The normalized spacial score (nSPS) is 12.7. The van der Waals surface area contributed by atoms with Crippen LogP contribution in [0, 0.1) is 3.57 Å². The Balaban J connectivity index is 3.47. The van der Waals surface area contributed by atoms with Gasteiger partial charge in [-0.25, -0.2) is 0 Å². The highest BCUT2D eigenvalue weighted by molar-refractivity contribution is 14.1. The zero-order valence-electron chi connectivity index (χ0n) is 8.21. The molecule has 0 radical (unpaired) electrons. The first-order valence-electron chi connectivity index (χ1n) is 4.09. The van der Waals surface area contributed by atoms with Gasteiger partial charge in [0.05, 0.1) is 12.7 Å². The highest BCUT2D eigenvalue weighted by Gasteiger charge is 2.40. The lowest BCUT2D eigenvalue weighted by Crippen LogP contribution is -2.13. The van der Waals surface area contributed by atoms with Crippen molar-refractivity contribution in [1.29, 1.82) is 0 Å². The van der Waals surface area contributed by atoms with Gasteiger partial charge in [0.15, 0.2) is 0 Å². The zero-order valence-corrected chi connectivity index (χ0v) is 10.4. The van der Waals surface area contributed by atoms with Gasteiger partial charge in [-0.1, -0.05) is 0 Å². The van der Waals surface area contributed by atoms with Gasteiger partial charge in [0, 0.05) is 3.57 Å². The molecule has 0 bridgehead atoms. The third-order valence-electron chi connectivity index (χ3n) is 1.88. The lowest BCUT2D eigenvalue weighted by Gasteiger charge is -2.16. The smallest absolute Gasteiger partial charge is 0.420 e. The number of rotatable bonds is 1. The molecule has 1 aromatic rings. The van der Waals surface area contributed by atoms with E-state index in [0.717, 1.165) is 7.11 Å². The fraction of sp³-hybridized carbons (Fsp3) is 0.333. The SMILES string of the molecule is COc1cc(C(F)(F)F)cc(I)c1C(F)(F)F. The second-order valence-corrected chi connectivity index (χ2v) is 4.19. The molecule has 0 amide bonds. The third-order valence-corrected chi connectivity index (χ3v) is 2.74. The molecular formula is C9H5F6IO. The second-order valence-electron chi connectivity index (χ2n) is 3.03. The largest absolute Gasteiger partial charge is 0.496 e. The molecule has 0 unspecified atom stereocenters. The van der Waals surface area contributed by atoms with E-state index in [2.05, 4.69) is 4.74 Å². The number of methoxy groups -OCH3 is 1. The highest BCUT2D eigenvalue weighted by atomic mass is 127. The predicted molar refractivity (Wildman–Crippen MR) is 55.7 cm³/mol. The average molecular weight is 370 g/mol. The summed E-state index contributed by atoms with van der Waals surface area (Å²) in [5.41, 5.74) is -2.37. The first kappa shape index (κ1) is 14.4. The van der Waals surface area contributed by atoms with Crippen molar-refractivity contribution in [3.05, 3.63) is 26.8 Å². The van der Waals surface area contributed by atoms with Crippen LogP contribution < -0.4 is 4.74 Å². The fourth-order valence-electron chi connectivity index (χ4n) is 1.18. The van der Waals surface area contributed by atoms with E-state index in [1.54, 1.807) is 0 Å². The van der Waals surface area contributed by atoms with E-state index >= 15 is 0 Å². The molecule has 0 aromatic heterocycles. The maximum absolute atomic E-state index is 12.6. The first-order chi connectivity index (χ1) is 7.57. The van der Waals surface area contributed by atoms with Gasteiger partial charge in [0.2, 0.25) is 0 Å². The van der Waals surface area contributed by atoms with Gasteiger partial charge in [-0.15, -0.1) is 0 Å². The molecule has 0 N–H and O–H groups in total. The van der Waals surface area contributed by atoms with Crippen molar-refractivity contribution in [2.75, 3.05) is 7.11 Å². The van der Waals surface area contributed by atoms with Crippen molar-refractivity contribution in [2.45, 2.75) is 12.4 Å². The van der Waals surface area contributed by atoms with Crippen LogP contribution in [-0.2, 0) is 12.4 Å². The Kier molecular flexibility index (Phi) is 3.84. The van der Waals surface area contributed by atoms with E-state index in [1.165, 1.54) is 22.6 Å². The van der Waals surface area contributed by atoms with Crippen LogP contribution in [0.15, 0.2) is 12.1 Å². The minimum absolute atomic E-state index is 0.338. The van der Waals surface area contributed by atoms with Gasteiger partial charge in [0.1, 0.15) is 11.3 Å². The third kappa shape index (κ3) is 3.17. The molecule has 0 saturated heterocycles. The Hall–Kier alpha value is -0.670. The molecule has 0 aliphatic heterocycles. The van der Waals surface area contributed by atoms with Crippen LogP contribution in [0.1, 0.15) is 11.1 Å². The molecule has 0 heterocycles. The van der Waals surface area contributed by atoms with Gasteiger partial charge in [0.25, 0.3) is 0 Å². The molecule has 17 heavy (non-hydrogen) atoms. The Morgan fingerprint density at radius 3 is 1.88 bits per heavy atom. The molecule has 1 rings (SSSR count). The molecule has 0 atom stereocenters. The van der Waals surface area contributed by atoms with E-state index in [4.69, 9.17) is 0 Å². The van der Waals surface area contributed by atoms with Crippen LogP contribution >= 0.6 is 22.6 Å². The summed E-state index contributed by atoms with van der Waals surface area (Å²) in [6, 6.07) is 0.775. The van der Waals surface area contributed by atoms with Gasteiger partial charge in [-0.2, -0.15) is 26.3 Å². The minimum atomic E-state index is -4.76. The van der Waals surface area contributed by atoms with E-state index in [0.29, 0.717) is 12.1 Å². The van der Waals surface area contributed by atoms with Gasteiger partial charge in [-0.05, 0) is 34.7 Å². The number of ether oxygens (including phenoxy) is 1. The van der Waals surface area contributed by atoms with E-state index in [9.17, 15) is 26.3 Å². The predicted octanol–water partition coefficient (Wildman–Crippen LogP) is 4.34. The van der Waals surface area contributed by atoms with Crippen molar-refractivity contribution in [2.24, 2.45) is 0 Å². The summed E-state index contributed by atoms with van der Waals surface area (Å²) in [5, 5.41) is 0. The maximum Gasteiger partial charge on any atom is 0.420 e. The van der Waals surface area contributed by atoms with Gasteiger partial charge in [-0.3, -0.25) is 0 Å². The molecule has 0 spiro atoms. The maximum atomic E-state index is 12.6. The van der Waals surface area contributed by atoms with Crippen molar-refractivity contribution in [3.63, 3.8) is 0 Å². The summed E-state index contributed by atoms with van der Waals surface area (Å²) in [5.74, 6) is -0.836. The summed E-state index contributed by atoms with van der Waals surface area (Å²) in [7, 11) is 0.890. The summed E-state index contributed by atoms with van der Waals surface area (Å²) >= 11 is 1.20. The highest BCUT2D eigenvalue weighted by Crippen LogP contribution is 2.42. The van der Waals surface area contributed by atoms with Gasteiger partial charge < -0.3 is 4.74 Å². The summed E-state index contributed by atoms with van der Waals surface area (Å²) in [6.45, 7) is 0. The summed E-state index contributed by atoms with van der Waals surface area (Å²) in [6.07, 6.45) is -9.47. The fourth-order valence-corrected chi connectivity index (χ4v) is 2.09. The average Bonchev–Trinajstić information content (AvgIpc) is 2.12. The topological polar surface area (TPSA) is 9.23 Å². The van der Waals surface area contributed by atoms with Crippen molar-refractivity contribution >= 4 is 22.6 Å². The molecular weight excluding hydrogens is 365 g/mol. The van der Waals surface area contributed by atoms with Crippen LogP contribution in [-0.4, -0.2) is 7.11 Å². The molecule has 0 saturated carbocycles. The lowest BCUT2D eigenvalue weighted by molar-refractivity contribution is -0.142. The quantitative estimate of drug-likeness (QED) is 0.528. The van der Waals surface area contributed by atoms with Crippen molar-refractivity contribution in [3.8, 4) is 5.75 Å². The summed E-state index contributed by atoms with van der Waals surface area (Å²) in [4.78, 5) is 0. The number of alkyl halides is 6. The van der Waals surface area contributed by atoms with Crippen molar-refractivity contribution in [1.82, 2.24) is 0 Å². The number of benzene rings is 1. The monoisotopic (exact) mass is 370 g/mol. The molecule has 0 fully saturated rings. The molecule has 96 valence electrons. The van der Waals surface area contributed by atoms with Crippen LogP contribution in [0.25, 0.3) is 0 Å². The molecule has 8 heteroatoms. The minimum Gasteiger partial charge on any atom is -0.496 e. The molecule has 1 aromatic carbocycles. The second kappa shape index (κ2) is 4.54. The molecule has 0 aliphatic carbocycles. The number of hydrogen-bond donors (Lipinski definition) is 0. The van der Waals surface area contributed by atoms with Crippen LogP contribution in [0.4, 0.5) is 26.3 Å². The number of halogens is 7. The van der Waals surface area contributed by atoms with Crippen LogP contribution in [0.5, 0.6) is 5.75 Å². The van der Waals surface area contributed by atoms with E-state index in [-0.39, 0.29) is 0 Å². The zero-order chi connectivity index (χ0) is 13.4. The Morgan fingerprint density at radius 2 is 1.53 bits per heavy atom. The Labute approximate surface area is 106 Å². The first-order valence-corrected chi connectivity index (χ1v) is 5.17. The Morgan fingerprint density at radius 1 is 1.00 bits per heavy atom. The number of hydrogen-bond acceptors (Lipinski definition) is 1. The van der Waals surface area contributed by atoms with Gasteiger partial charge >= 0.3 is 12.4 Å². The molecule has 1 nitrogen and oxygen atoms in total. The molecule has 0 aliphatic rings. The van der Waals surface area contributed by atoms with Crippen LogP contribution in [0.2, 0.25) is 0 Å². The Bertz CT molecular complexity index is 423. The standard InChI is InChI=1S/C9H5F6IO/c1-17-6-3-4(8(10,11)12)2-5(16)7(6)9(13,14)15/h2-3H,1H3. The van der Waals surface area contributed by atoms with Crippen LogP contribution in [0.3, 0.4) is 0 Å². The van der Waals surface area contributed by atoms with Crippen molar-refractivity contribution < 1.29 is 31.1 Å². The summed E-state index contributed by atoms with van der Waals surface area (Å²) < 4.78 is 78.6.